The Kier molecular flexibility index (Phi) is 6.26. The van der Waals surface area contributed by atoms with Gasteiger partial charge in [-0.1, -0.05) is 29.8 Å². The van der Waals surface area contributed by atoms with Gasteiger partial charge in [0.2, 0.25) is 5.91 Å². The first-order valence-electron chi connectivity index (χ1n) is 9.51. The molecule has 1 heterocycles. The number of likely N-dealkylation sites (tertiary alicyclic amines) is 1. The topological polar surface area (TPSA) is 49.4 Å². The SMILES string of the molecule is O=C(NC[C@H]1CCCN(C(=O)CC2=CCCCC2)C1)c1ccccc1. The average Bonchev–Trinajstić information content (AvgIpc) is 2.68. The second kappa shape index (κ2) is 8.84. The van der Waals surface area contributed by atoms with Crippen molar-refractivity contribution in [2.45, 2.75) is 44.9 Å². The lowest BCUT2D eigenvalue weighted by atomic mass is 9.94. The molecule has 1 aliphatic carbocycles. The van der Waals surface area contributed by atoms with E-state index in [0.29, 0.717) is 24.4 Å². The van der Waals surface area contributed by atoms with Crippen molar-refractivity contribution in [1.29, 1.82) is 0 Å². The van der Waals surface area contributed by atoms with Crippen molar-refractivity contribution in [3.63, 3.8) is 0 Å². The van der Waals surface area contributed by atoms with Crippen LogP contribution in [0.1, 0.15) is 55.3 Å². The maximum Gasteiger partial charge on any atom is 0.251 e. The molecule has 1 N–H and O–H groups in total. The van der Waals surface area contributed by atoms with Gasteiger partial charge in [0, 0.05) is 31.6 Å². The largest absolute Gasteiger partial charge is 0.352 e. The summed E-state index contributed by atoms with van der Waals surface area (Å²) in [5.41, 5.74) is 2.01. The van der Waals surface area contributed by atoms with Crippen molar-refractivity contribution >= 4 is 11.8 Å². The van der Waals surface area contributed by atoms with Crippen LogP contribution in [0.5, 0.6) is 0 Å². The Morgan fingerprint density at radius 2 is 1.96 bits per heavy atom. The van der Waals surface area contributed by atoms with E-state index in [1.54, 1.807) is 0 Å². The predicted molar refractivity (Wildman–Crippen MR) is 99.2 cm³/mol. The lowest BCUT2D eigenvalue weighted by Crippen LogP contribution is -2.43. The summed E-state index contributed by atoms with van der Waals surface area (Å²) < 4.78 is 0. The van der Waals surface area contributed by atoms with Crippen molar-refractivity contribution < 1.29 is 9.59 Å². The Morgan fingerprint density at radius 1 is 1.12 bits per heavy atom. The van der Waals surface area contributed by atoms with Gasteiger partial charge in [-0.25, -0.2) is 0 Å². The van der Waals surface area contributed by atoms with E-state index in [2.05, 4.69) is 11.4 Å². The summed E-state index contributed by atoms with van der Waals surface area (Å²) in [6.07, 6.45) is 9.61. The van der Waals surface area contributed by atoms with Crippen molar-refractivity contribution in [1.82, 2.24) is 10.2 Å². The molecule has 25 heavy (non-hydrogen) atoms. The minimum Gasteiger partial charge on any atom is -0.352 e. The molecule has 1 fully saturated rings. The van der Waals surface area contributed by atoms with Gasteiger partial charge in [0.25, 0.3) is 5.91 Å². The van der Waals surface area contributed by atoms with E-state index in [4.69, 9.17) is 0 Å². The number of rotatable bonds is 5. The number of hydrogen-bond donors (Lipinski definition) is 1. The molecule has 2 aliphatic rings. The number of hydrogen-bond acceptors (Lipinski definition) is 2. The van der Waals surface area contributed by atoms with Crippen LogP contribution >= 0.6 is 0 Å². The molecule has 1 aliphatic heterocycles. The highest BCUT2D eigenvalue weighted by atomic mass is 16.2. The number of nitrogens with zero attached hydrogens (tertiary/aromatic N) is 1. The summed E-state index contributed by atoms with van der Waals surface area (Å²) in [5, 5.41) is 3.02. The highest BCUT2D eigenvalue weighted by molar-refractivity contribution is 5.94. The third kappa shape index (κ3) is 5.18. The monoisotopic (exact) mass is 340 g/mol. The second-order valence-electron chi connectivity index (χ2n) is 7.21. The lowest BCUT2D eigenvalue weighted by Gasteiger charge is -2.33. The van der Waals surface area contributed by atoms with Gasteiger partial charge >= 0.3 is 0 Å². The molecular formula is C21H28N2O2. The summed E-state index contributed by atoms with van der Waals surface area (Å²) in [5.74, 6) is 0.578. The van der Waals surface area contributed by atoms with Crippen LogP contribution in [0, 0.1) is 5.92 Å². The number of piperidine rings is 1. The van der Waals surface area contributed by atoms with Crippen molar-refractivity contribution in [3.05, 3.63) is 47.5 Å². The van der Waals surface area contributed by atoms with Crippen LogP contribution in [0.4, 0.5) is 0 Å². The molecule has 134 valence electrons. The molecule has 3 rings (SSSR count). The molecule has 1 atom stereocenters. The molecule has 4 heteroatoms. The molecule has 0 spiro atoms. The predicted octanol–water partition coefficient (Wildman–Crippen LogP) is 3.55. The van der Waals surface area contributed by atoms with E-state index in [1.165, 1.54) is 18.4 Å². The van der Waals surface area contributed by atoms with Crippen LogP contribution in [-0.4, -0.2) is 36.3 Å². The number of nitrogens with one attached hydrogen (secondary N) is 1. The molecule has 0 unspecified atom stereocenters. The molecule has 0 bridgehead atoms. The molecule has 1 aromatic carbocycles. The van der Waals surface area contributed by atoms with E-state index in [0.717, 1.165) is 38.8 Å². The fourth-order valence-electron chi connectivity index (χ4n) is 3.76. The molecule has 2 amide bonds. The summed E-state index contributed by atoms with van der Waals surface area (Å²) in [7, 11) is 0. The Balaban J connectivity index is 1.46. The quantitative estimate of drug-likeness (QED) is 0.834. The lowest BCUT2D eigenvalue weighted by molar-refractivity contribution is -0.132. The summed E-state index contributed by atoms with van der Waals surface area (Å²) in [6, 6.07) is 9.29. The van der Waals surface area contributed by atoms with Gasteiger partial charge in [-0.05, 0) is 56.6 Å². The zero-order valence-corrected chi connectivity index (χ0v) is 14.9. The molecule has 1 saturated heterocycles. The Labute approximate surface area is 150 Å². The molecule has 1 aromatic rings. The van der Waals surface area contributed by atoms with E-state index < -0.39 is 0 Å². The first kappa shape index (κ1) is 17.7. The van der Waals surface area contributed by atoms with Gasteiger partial charge in [-0.3, -0.25) is 9.59 Å². The molecule has 0 radical (unpaired) electrons. The maximum atomic E-state index is 12.6. The second-order valence-corrected chi connectivity index (χ2v) is 7.21. The zero-order valence-electron chi connectivity index (χ0n) is 14.9. The Bertz CT molecular complexity index is 624. The third-order valence-corrected chi connectivity index (χ3v) is 5.22. The van der Waals surface area contributed by atoms with Crippen molar-refractivity contribution in [2.24, 2.45) is 5.92 Å². The first-order chi connectivity index (χ1) is 12.2. The van der Waals surface area contributed by atoms with E-state index in [1.807, 2.05) is 35.2 Å². The smallest absolute Gasteiger partial charge is 0.251 e. The normalized spacial score (nSPS) is 20.7. The van der Waals surface area contributed by atoms with Gasteiger partial charge in [0.1, 0.15) is 0 Å². The van der Waals surface area contributed by atoms with Gasteiger partial charge in [0.05, 0.1) is 0 Å². The first-order valence-corrected chi connectivity index (χ1v) is 9.51. The molecule has 4 nitrogen and oxygen atoms in total. The molecular weight excluding hydrogens is 312 g/mol. The summed E-state index contributed by atoms with van der Waals surface area (Å²) in [6.45, 7) is 2.26. The van der Waals surface area contributed by atoms with Crippen molar-refractivity contribution in [2.75, 3.05) is 19.6 Å². The maximum absolute atomic E-state index is 12.6. The van der Waals surface area contributed by atoms with Gasteiger partial charge in [-0.15, -0.1) is 0 Å². The fourth-order valence-corrected chi connectivity index (χ4v) is 3.76. The average molecular weight is 340 g/mol. The number of carbonyl (C=O) groups is 2. The number of benzene rings is 1. The van der Waals surface area contributed by atoms with E-state index >= 15 is 0 Å². The van der Waals surface area contributed by atoms with E-state index in [-0.39, 0.29) is 11.8 Å². The van der Waals surface area contributed by atoms with Crippen LogP contribution in [0.2, 0.25) is 0 Å². The van der Waals surface area contributed by atoms with Crippen LogP contribution in [0.3, 0.4) is 0 Å². The van der Waals surface area contributed by atoms with E-state index in [9.17, 15) is 9.59 Å². The highest BCUT2D eigenvalue weighted by Crippen LogP contribution is 2.23. The number of allylic oxidation sites excluding steroid dienone is 1. The van der Waals surface area contributed by atoms with Gasteiger partial charge < -0.3 is 10.2 Å². The van der Waals surface area contributed by atoms with Gasteiger partial charge in [0.15, 0.2) is 0 Å². The minimum absolute atomic E-state index is 0.0311. The minimum atomic E-state index is -0.0311. The Hall–Kier alpha value is -2.10. The standard InChI is InChI=1S/C21H28N2O2/c24-20(14-17-8-3-1-4-9-17)23-13-7-10-18(16-23)15-22-21(25)19-11-5-2-6-12-19/h2,5-6,8,11-12,18H,1,3-4,7,9-10,13-16H2,(H,22,25)/t18-/m1/s1. The summed E-state index contributed by atoms with van der Waals surface area (Å²) in [4.78, 5) is 26.7. The molecule has 0 saturated carbocycles. The zero-order chi connectivity index (χ0) is 17.5. The van der Waals surface area contributed by atoms with Crippen LogP contribution in [0.15, 0.2) is 42.0 Å². The van der Waals surface area contributed by atoms with Gasteiger partial charge in [-0.2, -0.15) is 0 Å². The van der Waals surface area contributed by atoms with Crippen LogP contribution in [0.25, 0.3) is 0 Å². The molecule has 0 aromatic heterocycles. The number of amides is 2. The Morgan fingerprint density at radius 3 is 2.72 bits per heavy atom. The summed E-state index contributed by atoms with van der Waals surface area (Å²) >= 11 is 0. The number of carbonyl (C=O) groups excluding carboxylic acids is 2. The third-order valence-electron chi connectivity index (χ3n) is 5.22. The fraction of sp³-hybridized carbons (Fsp3) is 0.524. The van der Waals surface area contributed by atoms with Crippen LogP contribution in [-0.2, 0) is 4.79 Å². The highest BCUT2D eigenvalue weighted by Gasteiger charge is 2.24. The van der Waals surface area contributed by atoms with Crippen molar-refractivity contribution in [3.8, 4) is 0 Å². The van der Waals surface area contributed by atoms with Crippen LogP contribution < -0.4 is 5.32 Å².